The Morgan fingerprint density at radius 3 is 2.75 bits per heavy atom. The summed E-state index contributed by atoms with van der Waals surface area (Å²) in [6, 6.07) is 2.63. The van der Waals surface area contributed by atoms with E-state index in [2.05, 4.69) is 10.6 Å². The summed E-state index contributed by atoms with van der Waals surface area (Å²) in [4.78, 5) is 37.9. The third-order valence-corrected chi connectivity index (χ3v) is 4.94. The molecule has 3 amide bonds. The Balaban J connectivity index is 1.69. The lowest BCUT2D eigenvalue weighted by Crippen LogP contribution is -2.62. The molecule has 0 radical (unpaired) electrons. The zero-order valence-electron chi connectivity index (χ0n) is 12.5. The van der Waals surface area contributed by atoms with Gasteiger partial charge in [0.2, 0.25) is 11.8 Å². The molecule has 3 atom stereocenters. The molecule has 128 valence electrons. The molecule has 2 aliphatic rings. The van der Waals surface area contributed by atoms with Gasteiger partial charge in [0.25, 0.3) is 5.91 Å². The van der Waals surface area contributed by atoms with Crippen LogP contribution in [0.4, 0.5) is 0 Å². The highest BCUT2D eigenvalue weighted by Crippen LogP contribution is 2.25. The standard InChI is InChI=1S/C15H15Cl2N3O4/c16-9-2-1-7(3-10(9)17)13(22)18-8-4-12-14(23)19-11(6-21)15(24)20(12)5-8/h1-3,8,11-12,21H,4-6H2,(H,18,22)(H,19,23)/t8-,11-,12-/m0/s1. The molecule has 0 aromatic heterocycles. The van der Waals surface area contributed by atoms with Crippen molar-refractivity contribution < 1.29 is 19.5 Å². The van der Waals surface area contributed by atoms with E-state index in [-0.39, 0.29) is 35.3 Å². The number of nitrogens with zero attached hydrogens (tertiary/aromatic N) is 1. The van der Waals surface area contributed by atoms with Gasteiger partial charge in [-0.05, 0) is 24.6 Å². The smallest absolute Gasteiger partial charge is 0.251 e. The number of hydrogen-bond acceptors (Lipinski definition) is 4. The third-order valence-electron chi connectivity index (χ3n) is 4.20. The Kier molecular flexibility index (Phi) is 4.67. The molecule has 2 heterocycles. The molecule has 3 rings (SSSR count). The van der Waals surface area contributed by atoms with Crippen LogP contribution in [-0.4, -0.2) is 59.0 Å². The first kappa shape index (κ1) is 17.0. The van der Waals surface area contributed by atoms with Crippen molar-refractivity contribution in [2.75, 3.05) is 13.2 Å². The van der Waals surface area contributed by atoms with Crippen LogP contribution in [0.25, 0.3) is 0 Å². The molecule has 24 heavy (non-hydrogen) atoms. The Labute approximate surface area is 147 Å². The number of aliphatic hydroxyl groups is 1. The van der Waals surface area contributed by atoms with Gasteiger partial charge in [-0.25, -0.2) is 0 Å². The molecular formula is C15H15Cl2N3O4. The number of hydrogen-bond donors (Lipinski definition) is 3. The van der Waals surface area contributed by atoms with E-state index < -0.39 is 18.7 Å². The minimum atomic E-state index is -0.918. The molecule has 2 saturated heterocycles. The van der Waals surface area contributed by atoms with Crippen LogP contribution >= 0.6 is 23.2 Å². The Morgan fingerprint density at radius 1 is 1.33 bits per heavy atom. The van der Waals surface area contributed by atoms with Gasteiger partial charge in [-0.3, -0.25) is 14.4 Å². The molecule has 1 aromatic carbocycles. The topological polar surface area (TPSA) is 98.7 Å². The fraction of sp³-hybridized carbons (Fsp3) is 0.400. The quantitative estimate of drug-likeness (QED) is 0.705. The highest BCUT2D eigenvalue weighted by atomic mass is 35.5. The summed E-state index contributed by atoms with van der Waals surface area (Å²) in [5, 5.41) is 15.1. The molecule has 7 nitrogen and oxygen atoms in total. The van der Waals surface area contributed by atoms with Crippen molar-refractivity contribution in [3.8, 4) is 0 Å². The van der Waals surface area contributed by atoms with Crippen LogP contribution in [0.5, 0.6) is 0 Å². The Bertz CT molecular complexity index is 712. The van der Waals surface area contributed by atoms with Gasteiger partial charge in [-0.15, -0.1) is 0 Å². The third kappa shape index (κ3) is 3.07. The van der Waals surface area contributed by atoms with Crippen molar-refractivity contribution in [3.63, 3.8) is 0 Å². The highest BCUT2D eigenvalue weighted by molar-refractivity contribution is 6.42. The second-order valence-corrected chi connectivity index (χ2v) is 6.60. The molecule has 2 aliphatic heterocycles. The van der Waals surface area contributed by atoms with Crippen molar-refractivity contribution >= 4 is 40.9 Å². The number of amides is 3. The summed E-state index contributed by atoms with van der Waals surface area (Å²) >= 11 is 11.7. The normalized spacial score (nSPS) is 26.1. The molecule has 0 unspecified atom stereocenters. The first-order valence-corrected chi connectivity index (χ1v) is 8.14. The van der Waals surface area contributed by atoms with Crippen LogP contribution in [-0.2, 0) is 9.59 Å². The van der Waals surface area contributed by atoms with Crippen molar-refractivity contribution in [1.82, 2.24) is 15.5 Å². The molecule has 0 bridgehead atoms. The lowest BCUT2D eigenvalue weighted by Gasteiger charge is -2.33. The minimum absolute atomic E-state index is 0.223. The van der Waals surface area contributed by atoms with E-state index in [0.717, 1.165) is 0 Å². The number of carbonyl (C=O) groups is 3. The van der Waals surface area contributed by atoms with E-state index in [1.54, 1.807) is 6.07 Å². The first-order chi connectivity index (χ1) is 11.4. The van der Waals surface area contributed by atoms with Gasteiger partial charge in [0.15, 0.2) is 0 Å². The van der Waals surface area contributed by atoms with Crippen LogP contribution < -0.4 is 10.6 Å². The van der Waals surface area contributed by atoms with Gasteiger partial charge in [0, 0.05) is 18.2 Å². The van der Waals surface area contributed by atoms with Crippen LogP contribution in [0.2, 0.25) is 10.0 Å². The van der Waals surface area contributed by atoms with E-state index in [9.17, 15) is 14.4 Å². The monoisotopic (exact) mass is 371 g/mol. The van der Waals surface area contributed by atoms with Crippen LogP contribution in [0.3, 0.4) is 0 Å². The van der Waals surface area contributed by atoms with Gasteiger partial charge in [0.1, 0.15) is 12.1 Å². The largest absolute Gasteiger partial charge is 0.394 e. The molecule has 3 N–H and O–H groups in total. The average molecular weight is 372 g/mol. The van der Waals surface area contributed by atoms with Crippen molar-refractivity contribution in [2.45, 2.75) is 24.5 Å². The lowest BCUT2D eigenvalue weighted by atomic mass is 10.1. The van der Waals surface area contributed by atoms with Gasteiger partial charge in [-0.1, -0.05) is 23.2 Å². The van der Waals surface area contributed by atoms with Crippen molar-refractivity contribution in [1.29, 1.82) is 0 Å². The number of aliphatic hydroxyl groups excluding tert-OH is 1. The van der Waals surface area contributed by atoms with Crippen LogP contribution in [0, 0.1) is 0 Å². The first-order valence-electron chi connectivity index (χ1n) is 7.38. The Hall–Kier alpha value is -1.83. The molecule has 0 saturated carbocycles. The number of halogens is 2. The number of fused-ring (bicyclic) bond motifs is 1. The fourth-order valence-electron chi connectivity index (χ4n) is 2.99. The van der Waals surface area contributed by atoms with E-state index in [1.807, 2.05) is 0 Å². The number of benzene rings is 1. The van der Waals surface area contributed by atoms with E-state index in [0.29, 0.717) is 17.0 Å². The zero-order valence-corrected chi connectivity index (χ0v) is 14.0. The van der Waals surface area contributed by atoms with Gasteiger partial charge in [0.05, 0.1) is 16.7 Å². The minimum Gasteiger partial charge on any atom is -0.394 e. The second kappa shape index (κ2) is 6.58. The second-order valence-electron chi connectivity index (χ2n) is 5.79. The average Bonchev–Trinajstić information content (AvgIpc) is 2.98. The van der Waals surface area contributed by atoms with Crippen molar-refractivity contribution in [3.05, 3.63) is 33.8 Å². The number of piperazine rings is 1. The van der Waals surface area contributed by atoms with Gasteiger partial charge >= 0.3 is 0 Å². The molecule has 2 fully saturated rings. The van der Waals surface area contributed by atoms with E-state index in [1.165, 1.54) is 17.0 Å². The summed E-state index contributed by atoms with van der Waals surface area (Å²) < 4.78 is 0. The fourth-order valence-corrected chi connectivity index (χ4v) is 3.29. The molecule has 0 spiro atoms. The summed E-state index contributed by atoms with van der Waals surface area (Å²) in [5.41, 5.74) is 0.346. The van der Waals surface area contributed by atoms with Crippen LogP contribution in [0.1, 0.15) is 16.8 Å². The van der Waals surface area contributed by atoms with E-state index in [4.69, 9.17) is 28.3 Å². The van der Waals surface area contributed by atoms with Crippen molar-refractivity contribution in [2.24, 2.45) is 0 Å². The Morgan fingerprint density at radius 2 is 2.08 bits per heavy atom. The summed E-state index contributed by atoms with van der Waals surface area (Å²) in [6.45, 7) is -0.228. The summed E-state index contributed by atoms with van der Waals surface area (Å²) in [7, 11) is 0. The molecule has 9 heteroatoms. The van der Waals surface area contributed by atoms with E-state index >= 15 is 0 Å². The maximum absolute atomic E-state index is 12.3. The van der Waals surface area contributed by atoms with Crippen LogP contribution in [0.15, 0.2) is 18.2 Å². The lowest BCUT2D eigenvalue weighted by molar-refractivity contribution is -0.148. The number of rotatable bonds is 3. The predicted octanol–water partition coefficient (Wildman–Crippen LogP) is 0.183. The molecule has 0 aliphatic carbocycles. The SMILES string of the molecule is O=C(N[C@H]1C[C@H]2C(=O)N[C@@H](CO)C(=O)N2C1)c1ccc(Cl)c(Cl)c1. The maximum Gasteiger partial charge on any atom is 0.251 e. The molecule has 1 aromatic rings. The van der Waals surface area contributed by atoms with Gasteiger partial charge in [-0.2, -0.15) is 0 Å². The number of carbonyl (C=O) groups excluding carboxylic acids is 3. The zero-order chi connectivity index (χ0) is 17.4. The predicted molar refractivity (Wildman–Crippen MR) is 86.9 cm³/mol. The highest BCUT2D eigenvalue weighted by Gasteiger charge is 2.46. The van der Waals surface area contributed by atoms with Gasteiger partial charge < -0.3 is 20.6 Å². The number of nitrogens with one attached hydrogen (secondary N) is 2. The maximum atomic E-state index is 12.3. The summed E-state index contributed by atoms with van der Waals surface area (Å²) in [5.74, 6) is -1.02. The molecular weight excluding hydrogens is 357 g/mol. The summed E-state index contributed by atoms with van der Waals surface area (Å²) in [6.07, 6.45) is 0.322.